The fraction of sp³-hybridized carbons (Fsp3) is 0.273. The summed E-state index contributed by atoms with van der Waals surface area (Å²) in [6, 6.07) is 14.2. The van der Waals surface area contributed by atoms with Gasteiger partial charge in [0.15, 0.2) is 0 Å². The second-order valence-electron chi connectivity index (χ2n) is 7.09. The molecule has 0 fully saturated rings. The molecule has 1 aliphatic rings. The van der Waals surface area contributed by atoms with E-state index < -0.39 is 29.8 Å². The quantitative estimate of drug-likeness (QED) is 0.593. The summed E-state index contributed by atoms with van der Waals surface area (Å²) in [6.07, 6.45) is 0.840. The third-order valence-electron chi connectivity index (χ3n) is 4.85. The van der Waals surface area contributed by atoms with Crippen molar-refractivity contribution in [3.8, 4) is 0 Å². The maximum absolute atomic E-state index is 13.1. The van der Waals surface area contributed by atoms with Gasteiger partial charge in [0.2, 0.25) is 5.91 Å². The number of imide groups is 1. The molecule has 1 N–H and O–H groups in total. The molecule has 0 unspecified atom stereocenters. The van der Waals surface area contributed by atoms with Gasteiger partial charge in [0, 0.05) is 6.42 Å². The first-order valence-corrected chi connectivity index (χ1v) is 9.21. The van der Waals surface area contributed by atoms with Crippen LogP contribution in [0.1, 0.15) is 52.6 Å². The first kappa shape index (κ1) is 19.5. The van der Waals surface area contributed by atoms with Gasteiger partial charge in [-0.1, -0.05) is 56.3 Å². The molecule has 144 valence electrons. The molecule has 0 aromatic heterocycles. The van der Waals surface area contributed by atoms with Crippen LogP contribution in [0.3, 0.4) is 0 Å². The normalized spacial score (nSPS) is 15.3. The molecule has 6 nitrogen and oxygen atoms in total. The van der Waals surface area contributed by atoms with Crippen molar-refractivity contribution < 1.29 is 19.2 Å². The van der Waals surface area contributed by atoms with Gasteiger partial charge in [0.05, 0.1) is 17.2 Å². The number of aldehydes is 1. The molecule has 0 saturated heterocycles. The van der Waals surface area contributed by atoms with Gasteiger partial charge in [-0.15, -0.1) is 0 Å². The molecule has 2 aromatic rings. The predicted molar refractivity (Wildman–Crippen MR) is 104 cm³/mol. The summed E-state index contributed by atoms with van der Waals surface area (Å²) in [5.74, 6) is -1.70. The molecule has 0 bridgehead atoms. The Kier molecular flexibility index (Phi) is 5.68. The van der Waals surface area contributed by atoms with Gasteiger partial charge in [-0.05, 0) is 23.6 Å². The molecule has 2 aromatic carbocycles. The van der Waals surface area contributed by atoms with E-state index in [9.17, 15) is 19.2 Å². The van der Waals surface area contributed by atoms with E-state index in [1.54, 1.807) is 38.1 Å². The largest absolute Gasteiger partial charge is 0.347 e. The summed E-state index contributed by atoms with van der Waals surface area (Å²) < 4.78 is 0. The SMILES string of the molecule is CC(C)[C@@H](C(=O)N[C@H](CC=O)c1ccccc1)N1C(=O)c2ccccc2C1=O. The van der Waals surface area contributed by atoms with E-state index in [1.165, 1.54) is 0 Å². The Balaban J connectivity index is 1.88. The van der Waals surface area contributed by atoms with Crippen molar-refractivity contribution >= 4 is 24.0 Å². The van der Waals surface area contributed by atoms with Crippen LogP contribution in [0.2, 0.25) is 0 Å². The van der Waals surface area contributed by atoms with Gasteiger partial charge in [0.1, 0.15) is 12.3 Å². The van der Waals surface area contributed by atoms with E-state index in [0.717, 1.165) is 16.7 Å². The molecule has 3 amide bonds. The van der Waals surface area contributed by atoms with E-state index in [0.29, 0.717) is 11.1 Å². The van der Waals surface area contributed by atoms with Gasteiger partial charge >= 0.3 is 0 Å². The number of carbonyl (C=O) groups excluding carboxylic acids is 4. The minimum absolute atomic E-state index is 0.0999. The highest BCUT2D eigenvalue weighted by molar-refractivity contribution is 6.22. The van der Waals surface area contributed by atoms with E-state index in [4.69, 9.17) is 0 Å². The molecule has 0 radical (unpaired) electrons. The molecule has 2 atom stereocenters. The summed E-state index contributed by atoms with van der Waals surface area (Å²) >= 11 is 0. The van der Waals surface area contributed by atoms with Crippen LogP contribution in [0.15, 0.2) is 54.6 Å². The van der Waals surface area contributed by atoms with Gasteiger partial charge in [-0.3, -0.25) is 19.3 Å². The van der Waals surface area contributed by atoms with Crippen LogP contribution in [0.4, 0.5) is 0 Å². The van der Waals surface area contributed by atoms with Crippen LogP contribution < -0.4 is 5.32 Å². The highest BCUT2D eigenvalue weighted by Crippen LogP contribution is 2.28. The molecule has 0 aliphatic carbocycles. The Morgan fingerprint density at radius 2 is 1.50 bits per heavy atom. The van der Waals surface area contributed by atoms with Crippen LogP contribution >= 0.6 is 0 Å². The number of nitrogens with zero attached hydrogens (tertiary/aromatic N) is 1. The minimum Gasteiger partial charge on any atom is -0.347 e. The minimum atomic E-state index is -0.967. The number of amides is 3. The van der Waals surface area contributed by atoms with Crippen molar-refractivity contribution in [3.63, 3.8) is 0 Å². The Labute approximate surface area is 163 Å². The third kappa shape index (κ3) is 3.58. The van der Waals surface area contributed by atoms with Crippen LogP contribution in [-0.4, -0.2) is 34.9 Å². The first-order chi connectivity index (χ1) is 13.5. The van der Waals surface area contributed by atoms with E-state index >= 15 is 0 Å². The van der Waals surface area contributed by atoms with Crippen molar-refractivity contribution in [2.24, 2.45) is 5.92 Å². The summed E-state index contributed by atoms with van der Waals surface area (Å²) in [7, 11) is 0. The average molecular weight is 378 g/mol. The maximum Gasteiger partial charge on any atom is 0.262 e. The summed E-state index contributed by atoms with van der Waals surface area (Å²) in [4.78, 5) is 50.9. The second kappa shape index (κ2) is 8.17. The monoisotopic (exact) mass is 378 g/mol. The summed E-state index contributed by atoms with van der Waals surface area (Å²) in [5.41, 5.74) is 1.39. The Morgan fingerprint density at radius 1 is 0.964 bits per heavy atom. The number of carbonyl (C=O) groups is 4. The number of nitrogens with one attached hydrogen (secondary N) is 1. The highest BCUT2D eigenvalue weighted by Gasteiger charge is 2.44. The van der Waals surface area contributed by atoms with E-state index in [1.807, 2.05) is 30.3 Å². The lowest BCUT2D eigenvalue weighted by Crippen LogP contribution is -2.52. The van der Waals surface area contributed by atoms with Crippen molar-refractivity contribution in [3.05, 3.63) is 71.3 Å². The van der Waals surface area contributed by atoms with Crippen molar-refractivity contribution in [1.29, 1.82) is 0 Å². The number of hydrogen-bond acceptors (Lipinski definition) is 4. The highest BCUT2D eigenvalue weighted by atomic mass is 16.2. The molecule has 0 spiro atoms. The van der Waals surface area contributed by atoms with E-state index in [-0.39, 0.29) is 12.3 Å². The Morgan fingerprint density at radius 3 is 2.00 bits per heavy atom. The third-order valence-corrected chi connectivity index (χ3v) is 4.85. The molecular formula is C22H22N2O4. The Hall–Kier alpha value is -3.28. The number of hydrogen-bond donors (Lipinski definition) is 1. The van der Waals surface area contributed by atoms with Crippen molar-refractivity contribution in [1.82, 2.24) is 10.2 Å². The molecule has 1 heterocycles. The number of fused-ring (bicyclic) bond motifs is 1. The van der Waals surface area contributed by atoms with Crippen LogP contribution in [0.25, 0.3) is 0 Å². The zero-order valence-corrected chi connectivity index (χ0v) is 15.8. The zero-order valence-electron chi connectivity index (χ0n) is 15.8. The van der Waals surface area contributed by atoms with Crippen molar-refractivity contribution in [2.75, 3.05) is 0 Å². The fourth-order valence-corrected chi connectivity index (χ4v) is 3.50. The molecular weight excluding hydrogens is 356 g/mol. The van der Waals surface area contributed by atoms with Gasteiger partial charge in [-0.2, -0.15) is 0 Å². The second-order valence-corrected chi connectivity index (χ2v) is 7.09. The molecule has 3 rings (SSSR count). The lowest BCUT2D eigenvalue weighted by Gasteiger charge is -2.30. The predicted octanol–water partition coefficient (Wildman–Crippen LogP) is 2.75. The van der Waals surface area contributed by atoms with Gasteiger partial charge in [0.25, 0.3) is 11.8 Å². The standard InChI is InChI=1S/C22H22N2O4/c1-14(2)19(24-21(27)16-10-6-7-11-17(16)22(24)28)20(26)23-18(12-13-25)15-8-4-3-5-9-15/h3-11,13-14,18-19H,12H2,1-2H3,(H,23,26)/t18-,19+/m1/s1. The fourth-order valence-electron chi connectivity index (χ4n) is 3.50. The number of rotatable bonds is 7. The van der Waals surface area contributed by atoms with Crippen LogP contribution in [0.5, 0.6) is 0 Å². The molecule has 28 heavy (non-hydrogen) atoms. The zero-order chi connectivity index (χ0) is 20.3. The maximum atomic E-state index is 13.1. The smallest absolute Gasteiger partial charge is 0.262 e. The van der Waals surface area contributed by atoms with Gasteiger partial charge in [-0.25, -0.2) is 0 Å². The summed E-state index contributed by atoms with van der Waals surface area (Å²) in [5, 5.41) is 2.84. The summed E-state index contributed by atoms with van der Waals surface area (Å²) in [6.45, 7) is 3.57. The van der Waals surface area contributed by atoms with E-state index in [2.05, 4.69) is 5.32 Å². The average Bonchev–Trinajstić information content (AvgIpc) is 2.94. The molecule has 1 aliphatic heterocycles. The van der Waals surface area contributed by atoms with Crippen molar-refractivity contribution in [2.45, 2.75) is 32.4 Å². The van der Waals surface area contributed by atoms with Crippen LogP contribution in [0, 0.1) is 5.92 Å². The lowest BCUT2D eigenvalue weighted by molar-refractivity contribution is -0.127. The molecule has 0 saturated carbocycles. The lowest BCUT2D eigenvalue weighted by atomic mass is 9.99. The first-order valence-electron chi connectivity index (χ1n) is 9.21. The van der Waals surface area contributed by atoms with Gasteiger partial charge < -0.3 is 10.1 Å². The Bertz CT molecular complexity index is 873. The topological polar surface area (TPSA) is 83.6 Å². The number of benzene rings is 2. The molecule has 6 heteroatoms. The van der Waals surface area contributed by atoms with Crippen LogP contribution in [-0.2, 0) is 9.59 Å².